The third kappa shape index (κ3) is 8.98. The maximum atomic E-state index is 12.5. The molecule has 0 spiro atoms. The predicted molar refractivity (Wildman–Crippen MR) is 109 cm³/mol. The standard InChI is InChI=1S/C21H26N4O4/c1-21(2,3)29-20(27)24-18(15-28-14-17-7-5-4-6-8-17)19(26)25-23-13-16-9-11-22-12-10-16/h4-13,18H,14-15H2,1-3H3,(H,24,27)(H,25,26)/b23-13-/t18-/m0/s1. The largest absolute Gasteiger partial charge is 0.444 e. The van der Waals surface area contributed by atoms with Crippen molar-refractivity contribution in [2.75, 3.05) is 6.61 Å². The van der Waals surface area contributed by atoms with Crippen molar-refractivity contribution in [3.05, 3.63) is 66.0 Å². The Bertz CT molecular complexity index is 804. The van der Waals surface area contributed by atoms with Gasteiger partial charge in [-0.3, -0.25) is 9.78 Å². The second-order valence-corrected chi connectivity index (χ2v) is 7.21. The van der Waals surface area contributed by atoms with Crippen molar-refractivity contribution < 1.29 is 19.1 Å². The van der Waals surface area contributed by atoms with Crippen molar-refractivity contribution in [2.45, 2.75) is 39.0 Å². The Balaban J connectivity index is 1.95. The average Bonchev–Trinajstić information content (AvgIpc) is 2.67. The van der Waals surface area contributed by atoms with Crippen LogP contribution in [-0.4, -0.2) is 41.4 Å². The van der Waals surface area contributed by atoms with E-state index in [1.165, 1.54) is 6.21 Å². The van der Waals surface area contributed by atoms with Crippen LogP contribution in [0.4, 0.5) is 4.79 Å². The predicted octanol–water partition coefficient (Wildman–Crippen LogP) is 2.64. The van der Waals surface area contributed by atoms with E-state index in [-0.39, 0.29) is 6.61 Å². The van der Waals surface area contributed by atoms with Gasteiger partial charge in [0, 0.05) is 12.4 Å². The molecule has 2 N–H and O–H groups in total. The number of hydrazone groups is 1. The van der Waals surface area contributed by atoms with Crippen molar-refractivity contribution >= 4 is 18.2 Å². The van der Waals surface area contributed by atoms with E-state index in [9.17, 15) is 9.59 Å². The van der Waals surface area contributed by atoms with E-state index in [0.29, 0.717) is 6.61 Å². The number of aromatic nitrogens is 1. The van der Waals surface area contributed by atoms with Crippen LogP contribution in [-0.2, 0) is 20.9 Å². The van der Waals surface area contributed by atoms with Crippen LogP contribution < -0.4 is 10.7 Å². The van der Waals surface area contributed by atoms with E-state index in [1.54, 1.807) is 45.3 Å². The molecule has 0 radical (unpaired) electrons. The summed E-state index contributed by atoms with van der Waals surface area (Å²) >= 11 is 0. The molecule has 2 amide bonds. The Kier molecular flexibility index (Phi) is 8.29. The first-order valence-electron chi connectivity index (χ1n) is 9.17. The number of amides is 2. The van der Waals surface area contributed by atoms with Crippen LogP contribution in [0.3, 0.4) is 0 Å². The molecule has 0 bridgehead atoms. The van der Waals surface area contributed by atoms with Gasteiger partial charge in [0.25, 0.3) is 5.91 Å². The van der Waals surface area contributed by atoms with Crippen molar-refractivity contribution in [1.29, 1.82) is 0 Å². The molecule has 0 aliphatic carbocycles. The van der Waals surface area contributed by atoms with Gasteiger partial charge in [-0.2, -0.15) is 5.10 Å². The lowest BCUT2D eigenvalue weighted by Gasteiger charge is -2.22. The highest BCUT2D eigenvalue weighted by Crippen LogP contribution is 2.07. The molecule has 2 aromatic rings. The Morgan fingerprint density at radius 2 is 1.83 bits per heavy atom. The highest BCUT2D eigenvalue weighted by molar-refractivity contribution is 5.87. The lowest BCUT2D eigenvalue weighted by atomic mass is 10.2. The van der Waals surface area contributed by atoms with Gasteiger partial charge in [-0.15, -0.1) is 0 Å². The molecule has 8 nitrogen and oxygen atoms in total. The Hall–Kier alpha value is -3.26. The molecule has 0 saturated carbocycles. The van der Waals surface area contributed by atoms with Crippen LogP contribution in [0.25, 0.3) is 0 Å². The second kappa shape index (κ2) is 10.9. The SMILES string of the molecule is CC(C)(C)OC(=O)N[C@@H](COCc1ccccc1)C(=O)N/N=C\c1ccncc1. The fraction of sp³-hybridized carbons (Fsp3) is 0.333. The lowest BCUT2D eigenvalue weighted by molar-refractivity contribution is -0.124. The summed E-state index contributed by atoms with van der Waals surface area (Å²) in [6.07, 6.45) is 4.01. The van der Waals surface area contributed by atoms with Gasteiger partial charge in [-0.1, -0.05) is 30.3 Å². The van der Waals surface area contributed by atoms with Gasteiger partial charge in [-0.25, -0.2) is 10.2 Å². The number of pyridine rings is 1. The highest BCUT2D eigenvalue weighted by atomic mass is 16.6. The van der Waals surface area contributed by atoms with E-state index < -0.39 is 23.6 Å². The number of benzene rings is 1. The summed E-state index contributed by atoms with van der Waals surface area (Å²) in [6.45, 7) is 5.50. The zero-order valence-electron chi connectivity index (χ0n) is 16.8. The quantitative estimate of drug-likeness (QED) is 0.526. The molecule has 0 unspecified atom stereocenters. The molecule has 0 saturated heterocycles. The van der Waals surface area contributed by atoms with E-state index in [2.05, 4.69) is 20.8 Å². The van der Waals surface area contributed by atoms with Crippen LogP contribution in [0.1, 0.15) is 31.9 Å². The third-order valence-electron chi connectivity index (χ3n) is 3.50. The van der Waals surface area contributed by atoms with Gasteiger partial charge >= 0.3 is 6.09 Å². The zero-order chi connectivity index (χ0) is 21.1. The van der Waals surface area contributed by atoms with Gasteiger partial charge in [-0.05, 0) is 44.0 Å². The Labute approximate surface area is 170 Å². The first kappa shape index (κ1) is 22.0. The third-order valence-corrected chi connectivity index (χ3v) is 3.50. The van der Waals surface area contributed by atoms with Crippen LogP contribution in [0.15, 0.2) is 60.0 Å². The molecule has 1 atom stereocenters. The smallest absolute Gasteiger partial charge is 0.408 e. The van der Waals surface area contributed by atoms with Crippen LogP contribution in [0.5, 0.6) is 0 Å². The zero-order valence-corrected chi connectivity index (χ0v) is 16.8. The van der Waals surface area contributed by atoms with Crippen LogP contribution in [0, 0.1) is 0 Å². The Morgan fingerprint density at radius 3 is 2.48 bits per heavy atom. The number of rotatable bonds is 8. The Morgan fingerprint density at radius 1 is 1.14 bits per heavy atom. The second-order valence-electron chi connectivity index (χ2n) is 7.21. The number of hydrogen-bond acceptors (Lipinski definition) is 6. The van der Waals surface area contributed by atoms with Gasteiger partial charge in [0.05, 0.1) is 19.4 Å². The lowest BCUT2D eigenvalue weighted by Crippen LogP contribution is -2.49. The molecule has 0 aliphatic heterocycles. The molecule has 1 aromatic heterocycles. The minimum absolute atomic E-state index is 0.0370. The first-order chi connectivity index (χ1) is 13.8. The molecule has 0 fully saturated rings. The molecule has 8 heteroatoms. The van der Waals surface area contributed by atoms with E-state index in [1.807, 2.05) is 30.3 Å². The van der Waals surface area contributed by atoms with Crippen molar-refractivity contribution in [3.8, 4) is 0 Å². The van der Waals surface area contributed by atoms with E-state index >= 15 is 0 Å². The van der Waals surface area contributed by atoms with Crippen LogP contribution >= 0.6 is 0 Å². The van der Waals surface area contributed by atoms with E-state index in [0.717, 1.165) is 11.1 Å². The molecule has 29 heavy (non-hydrogen) atoms. The fourth-order valence-corrected chi connectivity index (χ4v) is 2.20. The fourth-order valence-electron chi connectivity index (χ4n) is 2.20. The van der Waals surface area contributed by atoms with Gasteiger partial charge in [0.2, 0.25) is 0 Å². The minimum Gasteiger partial charge on any atom is -0.444 e. The first-order valence-corrected chi connectivity index (χ1v) is 9.17. The van der Waals surface area contributed by atoms with E-state index in [4.69, 9.17) is 9.47 Å². The highest BCUT2D eigenvalue weighted by Gasteiger charge is 2.24. The van der Waals surface area contributed by atoms with Crippen LogP contribution in [0.2, 0.25) is 0 Å². The molecule has 1 aromatic carbocycles. The molecular formula is C21H26N4O4. The number of carbonyl (C=O) groups is 2. The number of carbonyl (C=O) groups excluding carboxylic acids is 2. The number of hydrogen-bond donors (Lipinski definition) is 2. The van der Waals surface area contributed by atoms with Crippen molar-refractivity contribution in [2.24, 2.45) is 5.10 Å². The number of nitrogens with zero attached hydrogens (tertiary/aromatic N) is 2. The summed E-state index contributed by atoms with van der Waals surface area (Å²) in [4.78, 5) is 28.5. The van der Waals surface area contributed by atoms with Gasteiger partial charge in [0.15, 0.2) is 0 Å². The maximum Gasteiger partial charge on any atom is 0.408 e. The summed E-state index contributed by atoms with van der Waals surface area (Å²) in [5, 5.41) is 6.44. The molecule has 0 aliphatic rings. The topological polar surface area (TPSA) is 102 Å². The number of ether oxygens (including phenoxy) is 2. The molecule has 2 rings (SSSR count). The molecule has 154 valence electrons. The average molecular weight is 398 g/mol. The summed E-state index contributed by atoms with van der Waals surface area (Å²) in [7, 11) is 0. The monoisotopic (exact) mass is 398 g/mol. The number of alkyl carbamates (subject to hydrolysis) is 1. The molecule has 1 heterocycles. The summed E-state index contributed by atoms with van der Waals surface area (Å²) < 4.78 is 10.8. The van der Waals surface area contributed by atoms with Gasteiger partial charge in [0.1, 0.15) is 11.6 Å². The number of nitrogens with one attached hydrogen (secondary N) is 2. The maximum absolute atomic E-state index is 12.5. The minimum atomic E-state index is -0.969. The summed E-state index contributed by atoms with van der Waals surface area (Å²) in [5.74, 6) is -0.519. The molecular weight excluding hydrogens is 372 g/mol. The summed E-state index contributed by atoms with van der Waals surface area (Å²) in [6, 6.07) is 12.0. The van der Waals surface area contributed by atoms with Crippen molar-refractivity contribution in [1.82, 2.24) is 15.7 Å². The van der Waals surface area contributed by atoms with Crippen molar-refractivity contribution in [3.63, 3.8) is 0 Å². The summed E-state index contributed by atoms with van der Waals surface area (Å²) in [5.41, 5.74) is 3.46. The normalized spacial score (nSPS) is 12.4. The van der Waals surface area contributed by atoms with Gasteiger partial charge < -0.3 is 14.8 Å².